The maximum absolute atomic E-state index is 11.4. The maximum Gasteiger partial charge on any atom is 0.303 e. The standard InChI is InChI=1S/C13H23NO3/c1-9(2)5-11(7-13(16)17)8-14-12(15)6-10(3)4/h6,9,11H,5,7-8H2,1-4H3,(H,14,15)(H,16,17)/t11-/m0/s1. The molecule has 0 bridgehead atoms. The molecule has 0 aromatic heterocycles. The van der Waals surface area contributed by atoms with E-state index in [-0.39, 0.29) is 18.2 Å². The van der Waals surface area contributed by atoms with Gasteiger partial charge in [-0.2, -0.15) is 0 Å². The molecule has 0 saturated heterocycles. The van der Waals surface area contributed by atoms with E-state index < -0.39 is 5.97 Å². The minimum absolute atomic E-state index is 0.00186. The fourth-order valence-electron chi connectivity index (χ4n) is 1.71. The first-order valence-corrected chi connectivity index (χ1v) is 5.95. The van der Waals surface area contributed by atoms with Gasteiger partial charge < -0.3 is 10.4 Å². The van der Waals surface area contributed by atoms with Crippen molar-refractivity contribution in [3.8, 4) is 0 Å². The Morgan fingerprint density at radius 1 is 1.29 bits per heavy atom. The summed E-state index contributed by atoms with van der Waals surface area (Å²) >= 11 is 0. The average Bonchev–Trinajstić information content (AvgIpc) is 2.11. The van der Waals surface area contributed by atoms with Crippen molar-refractivity contribution < 1.29 is 14.7 Å². The number of amides is 1. The zero-order valence-electron chi connectivity index (χ0n) is 11.1. The molecule has 0 fully saturated rings. The molecule has 0 heterocycles. The third-order valence-corrected chi connectivity index (χ3v) is 2.25. The Bertz CT molecular complexity index is 291. The predicted octanol–water partition coefficient (Wildman–Crippen LogP) is 2.21. The van der Waals surface area contributed by atoms with Gasteiger partial charge in [-0.05, 0) is 32.1 Å². The van der Waals surface area contributed by atoms with Crippen molar-refractivity contribution in [3.05, 3.63) is 11.6 Å². The molecule has 0 rings (SSSR count). The Morgan fingerprint density at radius 3 is 2.29 bits per heavy atom. The number of carbonyl (C=O) groups excluding carboxylic acids is 1. The highest BCUT2D eigenvalue weighted by molar-refractivity contribution is 5.88. The number of hydrogen-bond acceptors (Lipinski definition) is 2. The summed E-state index contributed by atoms with van der Waals surface area (Å²) in [4.78, 5) is 22.1. The van der Waals surface area contributed by atoms with Gasteiger partial charge in [-0.3, -0.25) is 9.59 Å². The second-order valence-electron chi connectivity index (χ2n) is 5.06. The topological polar surface area (TPSA) is 66.4 Å². The predicted molar refractivity (Wildman–Crippen MR) is 67.6 cm³/mol. The smallest absolute Gasteiger partial charge is 0.303 e. The normalized spacial score (nSPS) is 12.1. The number of carboxylic acid groups (broad SMARTS) is 1. The Morgan fingerprint density at radius 2 is 1.88 bits per heavy atom. The third kappa shape index (κ3) is 9.60. The van der Waals surface area contributed by atoms with E-state index >= 15 is 0 Å². The van der Waals surface area contributed by atoms with E-state index in [4.69, 9.17) is 5.11 Å². The monoisotopic (exact) mass is 241 g/mol. The van der Waals surface area contributed by atoms with Crippen LogP contribution in [0.2, 0.25) is 0 Å². The van der Waals surface area contributed by atoms with Crippen LogP contribution in [-0.4, -0.2) is 23.5 Å². The summed E-state index contributed by atoms with van der Waals surface area (Å²) in [5.41, 5.74) is 0.932. The lowest BCUT2D eigenvalue weighted by Crippen LogP contribution is -2.30. The number of allylic oxidation sites excluding steroid dienone is 1. The zero-order chi connectivity index (χ0) is 13.4. The Balaban J connectivity index is 4.20. The van der Waals surface area contributed by atoms with E-state index in [2.05, 4.69) is 5.32 Å². The maximum atomic E-state index is 11.4. The molecule has 0 spiro atoms. The molecule has 98 valence electrons. The van der Waals surface area contributed by atoms with Crippen molar-refractivity contribution in [3.63, 3.8) is 0 Å². The Hall–Kier alpha value is -1.32. The summed E-state index contributed by atoms with van der Waals surface area (Å²) in [6.45, 7) is 8.22. The summed E-state index contributed by atoms with van der Waals surface area (Å²) in [5.74, 6) is -0.530. The SMILES string of the molecule is CC(C)=CC(=O)NC[C@H](CC(=O)O)CC(C)C. The molecular weight excluding hydrogens is 218 g/mol. The van der Waals surface area contributed by atoms with Crippen molar-refractivity contribution in [2.45, 2.75) is 40.5 Å². The Kier molecular flexibility index (Phi) is 7.26. The van der Waals surface area contributed by atoms with Gasteiger partial charge in [0.25, 0.3) is 0 Å². The Labute approximate surface area is 103 Å². The fraction of sp³-hybridized carbons (Fsp3) is 0.692. The highest BCUT2D eigenvalue weighted by Gasteiger charge is 2.15. The van der Waals surface area contributed by atoms with Crippen LogP contribution in [0.1, 0.15) is 40.5 Å². The van der Waals surface area contributed by atoms with Crippen LogP contribution in [-0.2, 0) is 9.59 Å². The highest BCUT2D eigenvalue weighted by Crippen LogP contribution is 2.14. The van der Waals surface area contributed by atoms with Gasteiger partial charge in [0.05, 0.1) is 0 Å². The molecule has 1 amide bonds. The summed E-state index contributed by atoms with van der Waals surface area (Å²) in [7, 11) is 0. The second-order valence-corrected chi connectivity index (χ2v) is 5.06. The van der Waals surface area contributed by atoms with Gasteiger partial charge in [-0.25, -0.2) is 0 Å². The fourth-order valence-corrected chi connectivity index (χ4v) is 1.71. The molecule has 0 saturated carbocycles. The number of aliphatic carboxylic acids is 1. The van der Waals surface area contributed by atoms with Gasteiger partial charge in [0.15, 0.2) is 0 Å². The lowest BCUT2D eigenvalue weighted by atomic mass is 9.94. The van der Waals surface area contributed by atoms with E-state index in [0.29, 0.717) is 12.5 Å². The first kappa shape index (κ1) is 15.7. The van der Waals surface area contributed by atoms with Crippen LogP contribution < -0.4 is 5.32 Å². The largest absolute Gasteiger partial charge is 0.481 e. The minimum Gasteiger partial charge on any atom is -0.481 e. The van der Waals surface area contributed by atoms with E-state index in [1.165, 1.54) is 6.08 Å². The van der Waals surface area contributed by atoms with E-state index in [0.717, 1.165) is 12.0 Å². The number of hydrogen-bond donors (Lipinski definition) is 2. The van der Waals surface area contributed by atoms with Gasteiger partial charge in [0.1, 0.15) is 0 Å². The molecule has 0 aromatic rings. The third-order valence-electron chi connectivity index (χ3n) is 2.25. The van der Waals surface area contributed by atoms with Crippen molar-refractivity contribution in [1.29, 1.82) is 0 Å². The number of carboxylic acids is 1. The van der Waals surface area contributed by atoms with Crippen LogP contribution in [0.3, 0.4) is 0 Å². The van der Waals surface area contributed by atoms with E-state index in [1.54, 1.807) is 0 Å². The van der Waals surface area contributed by atoms with Gasteiger partial charge in [-0.1, -0.05) is 19.4 Å². The number of rotatable bonds is 7. The highest BCUT2D eigenvalue weighted by atomic mass is 16.4. The van der Waals surface area contributed by atoms with Crippen LogP contribution in [0.4, 0.5) is 0 Å². The van der Waals surface area contributed by atoms with Gasteiger partial charge >= 0.3 is 5.97 Å². The molecule has 0 aliphatic heterocycles. The van der Waals surface area contributed by atoms with Crippen molar-refractivity contribution in [2.75, 3.05) is 6.54 Å². The molecule has 0 aliphatic rings. The number of carbonyl (C=O) groups is 2. The summed E-state index contributed by atoms with van der Waals surface area (Å²) in [5, 5.41) is 11.5. The molecule has 2 N–H and O–H groups in total. The molecule has 0 aliphatic carbocycles. The van der Waals surface area contributed by atoms with Crippen molar-refractivity contribution >= 4 is 11.9 Å². The van der Waals surface area contributed by atoms with Crippen LogP contribution in [0.15, 0.2) is 11.6 Å². The van der Waals surface area contributed by atoms with Gasteiger partial charge in [0, 0.05) is 19.0 Å². The molecule has 4 heteroatoms. The molecule has 0 unspecified atom stereocenters. The quantitative estimate of drug-likeness (QED) is 0.671. The van der Waals surface area contributed by atoms with E-state index in [9.17, 15) is 9.59 Å². The lowest BCUT2D eigenvalue weighted by molar-refractivity contribution is -0.138. The molecule has 1 atom stereocenters. The lowest BCUT2D eigenvalue weighted by Gasteiger charge is -2.17. The molecule has 17 heavy (non-hydrogen) atoms. The molecular formula is C13H23NO3. The molecule has 0 radical (unpaired) electrons. The van der Waals surface area contributed by atoms with Gasteiger partial charge in [0.2, 0.25) is 5.91 Å². The summed E-state index contributed by atoms with van der Waals surface area (Å²) < 4.78 is 0. The second kappa shape index (κ2) is 7.87. The average molecular weight is 241 g/mol. The molecule has 4 nitrogen and oxygen atoms in total. The van der Waals surface area contributed by atoms with Crippen molar-refractivity contribution in [1.82, 2.24) is 5.32 Å². The van der Waals surface area contributed by atoms with E-state index in [1.807, 2.05) is 27.7 Å². The first-order valence-electron chi connectivity index (χ1n) is 5.95. The van der Waals surface area contributed by atoms with Crippen LogP contribution >= 0.6 is 0 Å². The summed E-state index contributed by atoms with van der Waals surface area (Å²) in [6, 6.07) is 0. The van der Waals surface area contributed by atoms with Crippen LogP contribution in [0.25, 0.3) is 0 Å². The summed E-state index contributed by atoms with van der Waals surface area (Å²) in [6.07, 6.45) is 2.43. The van der Waals surface area contributed by atoms with Crippen LogP contribution in [0.5, 0.6) is 0 Å². The minimum atomic E-state index is -0.813. The molecule has 0 aromatic carbocycles. The van der Waals surface area contributed by atoms with Crippen LogP contribution in [0, 0.1) is 11.8 Å². The zero-order valence-corrected chi connectivity index (χ0v) is 11.1. The first-order chi connectivity index (χ1) is 7.81. The van der Waals surface area contributed by atoms with Gasteiger partial charge in [-0.15, -0.1) is 0 Å². The van der Waals surface area contributed by atoms with Crippen molar-refractivity contribution in [2.24, 2.45) is 11.8 Å². The number of nitrogens with one attached hydrogen (secondary N) is 1.